The van der Waals surface area contributed by atoms with E-state index in [1.807, 2.05) is 0 Å². The number of halogens is 3. The summed E-state index contributed by atoms with van der Waals surface area (Å²) < 4.78 is 44.4. The lowest BCUT2D eigenvalue weighted by Crippen LogP contribution is -2.44. The lowest BCUT2D eigenvalue weighted by Gasteiger charge is -2.33. The van der Waals surface area contributed by atoms with Gasteiger partial charge >= 0.3 is 12.1 Å². The van der Waals surface area contributed by atoms with Crippen molar-refractivity contribution < 1.29 is 32.6 Å². The second-order valence-corrected chi connectivity index (χ2v) is 6.57. The number of aromatic hydroxyl groups is 1. The number of hydrogen-bond acceptors (Lipinski definition) is 4. The van der Waals surface area contributed by atoms with Crippen molar-refractivity contribution in [2.75, 3.05) is 6.54 Å². The standard InChI is InChI=1S/C17H14F3NO4/c18-17(19,20)15(24)21-6-5-16-4-3-10(22)7-12(16)25-14-11(23)2-1-9(8-21)13(14)16/h1-4,12,23H,5-8H2/t12-,16?/m0/s1. The van der Waals surface area contributed by atoms with Crippen LogP contribution in [0.3, 0.4) is 0 Å². The average molecular weight is 353 g/mol. The molecular weight excluding hydrogens is 339 g/mol. The smallest absolute Gasteiger partial charge is 0.471 e. The van der Waals surface area contributed by atoms with Crippen molar-refractivity contribution in [2.24, 2.45) is 0 Å². The molecule has 8 heteroatoms. The highest BCUT2D eigenvalue weighted by Gasteiger charge is 2.54. The van der Waals surface area contributed by atoms with Crippen molar-refractivity contribution in [1.29, 1.82) is 0 Å². The van der Waals surface area contributed by atoms with Crippen molar-refractivity contribution in [3.8, 4) is 11.5 Å². The lowest BCUT2D eigenvalue weighted by atomic mass is 9.69. The van der Waals surface area contributed by atoms with Crippen LogP contribution in [-0.2, 0) is 21.5 Å². The minimum Gasteiger partial charge on any atom is -0.504 e. The minimum atomic E-state index is -4.95. The van der Waals surface area contributed by atoms with Crippen LogP contribution in [-0.4, -0.2) is 40.5 Å². The molecule has 1 aromatic carbocycles. The molecule has 1 N–H and O–H groups in total. The van der Waals surface area contributed by atoms with Gasteiger partial charge in [-0.2, -0.15) is 13.2 Å². The fourth-order valence-corrected chi connectivity index (χ4v) is 4.02. The van der Waals surface area contributed by atoms with Gasteiger partial charge in [-0.15, -0.1) is 0 Å². The van der Waals surface area contributed by atoms with Crippen LogP contribution < -0.4 is 4.74 Å². The fourth-order valence-electron chi connectivity index (χ4n) is 4.02. The summed E-state index contributed by atoms with van der Waals surface area (Å²) in [5, 5.41) is 10.1. The van der Waals surface area contributed by atoms with Crippen LogP contribution in [0.5, 0.6) is 11.5 Å². The first-order chi connectivity index (χ1) is 11.7. The van der Waals surface area contributed by atoms with E-state index in [-0.39, 0.29) is 43.2 Å². The van der Waals surface area contributed by atoms with E-state index in [0.29, 0.717) is 11.1 Å². The molecule has 1 aliphatic carbocycles. The summed E-state index contributed by atoms with van der Waals surface area (Å²) in [6.07, 6.45) is -2.21. The van der Waals surface area contributed by atoms with Gasteiger partial charge in [0.2, 0.25) is 0 Å². The zero-order valence-corrected chi connectivity index (χ0v) is 13.0. The third kappa shape index (κ3) is 2.23. The van der Waals surface area contributed by atoms with Gasteiger partial charge in [0.15, 0.2) is 17.3 Å². The maximum Gasteiger partial charge on any atom is 0.471 e. The van der Waals surface area contributed by atoms with Crippen LogP contribution in [0.25, 0.3) is 0 Å². The van der Waals surface area contributed by atoms with Crippen LogP contribution in [0.1, 0.15) is 24.0 Å². The summed E-state index contributed by atoms with van der Waals surface area (Å²) in [6, 6.07) is 2.85. The molecule has 1 aromatic rings. The van der Waals surface area contributed by atoms with Gasteiger partial charge in [0.05, 0.1) is 5.41 Å². The largest absolute Gasteiger partial charge is 0.504 e. The van der Waals surface area contributed by atoms with Gasteiger partial charge < -0.3 is 14.7 Å². The number of ketones is 1. The molecule has 5 nitrogen and oxygen atoms in total. The Bertz CT molecular complexity index is 817. The molecule has 1 unspecified atom stereocenters. The Kier molecular flexibility index (Phi) is 3.20. The molecule has 1 spiro atoms. The number of phenols is 1. The Morgan fingerprint density at radius 3 is 2.84 bits per heavy atom. The summed E-state index contributed by atoms with van der Waals surface area (Å²) >= 11 is 0. The summed E-state index contributed by atoms with van der Waals surface area (Å²) in [4.78, 5) is 24.2. The number of carbonyl (C=O) groups excluding carboxylic acids is 2. The van der Waals surface area contributed by atoms with Crippen LogP contribution in [0.2, 0.25) is 0 Å². The van der Waals surface area contributed by atoms with Crippen molar-refractivity contribution in [3.63, 3.8) is 0 Å². The van der Waals surface area contributed by atoms with E-state index in [4.69, 9.17) is 4.74 Å². The Hall–Kier alpha value is -2.51. The minimum absolute atomic E-state index is 0.0806. The van der Waals surface area contributed by atoms with Crippen LogP contribution in [0.15, 0.2) is 24.3 Å². The Morgan fingerprint density at radius 1 is 1.36 bits per heavy atom. The second-order valence-electron chi connectivity index (χ2n) is 6.57. The fraction of sp³-hybridized carbons (Fsp3) is 0.412. The molecule has 0 fully saturated rings. The number of nitrogens with zero attached hydrogens (tertiary/aromatic N) is 1. The third-order valence-corrected chi connectivity index (χ3v) is 5.16. The Morgan fingerprint density at radius 2 is 2.12 bits per heavy atom. The molecule has 0 radical (unpaired) electrons. The predicted octanol–water partition coefficient (Wildman–Crippen LogP) is 2.21. The molecule has 132 valence electrons. The van der Waals surface area contributed by atoms with E-state index in [1.165, 1.54) is 18.2 Å². The van der Waals surface area contributed by atoms with Gasteiger partial charge in [0.1, 0.15) is 6.10 Å². The normalized spacial score (nSPS) is 27.4. The van der Waals surface area contributed by atoms with Crippen molar-refractivity contribution >= 4 is 11.7 Å². The maximum atomic E-state index is 12.9. The topological polar surface area (TPSA) is 66.8 Å². The molecule has 0 aromatic heterocycles. The molecule has 2 heterocycles. The summed E-state index contributed by atoms with van der Waals surface area (Å²) in [7, 11) is 0. The monoisotopic (exact) mass is 353 g/mol. The van der Waals surface area contributed by atoms with E-state index >= 15 is 0 Å². The van der Waals surface area contributed by atoms with Crippen molar-refractivity contribution in [3.05, 3.63) is 35.4 Å². The van der Waals surface area contributed by atoms with Gasteiger partial charge in [0, 0.05) is 25.1 Å². The molecule has 4 rings (SSSR count). The van der Waals surface area contributed by atoms with Crippen LogP contribution in [0.4, 0.5) is 13.2 Å². The van der Waals surface area contributed by atoms with Gasteiger partial charge in [-0.1, -0.05) is 12.1 Å². The lowest BCUT2D eigenvalue weighted by molar-refractivity contribution is -0.186. The number of hydrogen-bond donors (Lipinski definition) is 1. The zero-order valence-electron chi connectivity index (χ0n) is 13.0. The summed E-state index contributed by atoms with van der Waals surface area (Å²) in [5.41, 5.74) is 0.265. The highest BCUT2D eigenvalue weighted by atomic mass is 19.4. The van der Waals surface area contributed by atoms with Gasteiger partial charge in [-0.05, 0) is 24.1 Å². The molecule has 0 bridgehead atoms. The van der Waals surface area contributed by atoms with Crippen molar-refractivity contribution in [1.82, 2.24) is 4.90 Å². The van der Waals surface area contributed by atoms with E-state index in [9.17, 15) is 27.9 Å². The zero-order chi connectivity index (χ0) is 18.0. The molecular formula is C17H14F3NO4. The Balaban J connectivity index is 1.85. The van der Waals surface area contributed by atoms with E-state index in [2.05, 4.69) is 0 Å². The quantitative estimate of drug-likeness (QED) is 0.777. The average Bonchev–Trinajstić information content (AvgIpc) is 2.78. The van der Waals surface area contributed by atoms with E-state index in [1.54, 1.807) is 6.08 Å². The van der Waals surface area contributed by atoms with Crippen LogP contribution >= 0.6 is 0 Å². The number of ether oxygens (including phenoxy) is 1. The van der Waals surface area contributed by atoms with Crippen LogP contribution in [0, 0.1) is 0 Å². The summed E-state index contributed by atoms with van der Waals surface area (Å²) in [6.45, 7) is -0.341. The molecule has 2 atom stereocenters. The highest BCUT2D eigenvalue weighted by molar-refractivity contribution is 5.92. The highest BCUT2D eigenvalue weighted by Crippen LogP contribution is 2.55. The number of phenolic OH excluding ortho intramolecular Hbond substituents is 1. The summed E-state index contributed by atoms with van der Waals surface area (Å²) in [5.74, 6) is -1.96. The molecule has 2 aliphatic heterocycles. The van der Waals surface area contributed by atoms with Gasteiger partial charge in [-0.25, -0.2) is 0 Å². The maximum absolute atomic E-state index is 12.9. The molecule has 3 aliphatic rings. The second kappa shape index (κ2) is 5.00. The van der Waals surface area contributed by atoms with Crippen molar-refractivity contribution in [2.45, 2.75) is 37.1 Å². The first kappa shape index (κ1) is 16.0. The van der Waals surface area contributed by atoms with Gasteiger partial charge in [0.25, 0.3) is 0 Å². The molecule has 1 amide bonds. The SMILES string of the molecule is O=C1C=CC23CCN(C(=O)C(F)(F)F)Cc4ccc(O)c(c42)O[C@H]3C1. The third-order valence-electron chi connectivity index (χ3n) is 5.16. The number of amides is 1. The number of alkyl halides is 3. The molecule has 0 saturated carbocycles. The number of rotatable bonds is 0. The number of carbonyl (C=O) groups is 2. The first-order valence-electron chi connectivity index (χ1n) is 7.82. The molecule has 25 heavy (non-hydrogen) atoms. The predicted molar refractivity (Wildman–Crippen MR) is 79.1 cm³/mol. The number of benzene rings is 1. The van der Waals surface area contributed by atoms with E-state index < -0.39 is 23.6 Å². The van der Waals surface area contributed by atoms with E-state index in [0.717, 1.165) is 4.90 Å². The molecule has 0 saturated heterocycles. The van der Waals surface area contributed by atoms with Gasteiger partial charge in [-0.3, -0.25) is 9.59 Å². The first-order valence-corrected chi connectivity index (χ1v) is 7.82. The Labute approximate surface area is 140 Å². The number of allylic oxidation sites excluding steroid dienone is 1.